The van der Waals surface area contributed by atoms with E-state index in [1.54, 1.807) is 18.0 Å². The van der Waals surface area contributed by atoms with E-state index in [9.17, 15) is 9.59 Å². The first kappa shape index (κ1) is 13.2. The van der Waals surface area contributed by atoms with Crippen LogP contribution in [0.1, 0.15) is 23.3 Å². The minimum atomic E-state index is -0.302. The van der Waals surface area contributed by atoms with Gasteiger partial charge in [-0.2, -0.15) is 0 Å². The van der Waals surface area contributed by atoms with Crippen LogP contribution in [0, 0.1) is 0 Å². The smallest absolute Gasteiger partial charge is 0.272 e. The number of aromatic nitrogens is 2. The van der Waals surface area contributed by atoms with Crippen molar-refractivity contribution in [3.8, 4) is 0 Å². The molecule has 2 amide bonds. The monoisotopic (exact) mass is 264 g/mol. The number of likely N-dealkylation sites (tertiary alicyclic amines) is 1. The highest BCUT2D eigenvalue weighted by Gasteiger charge is 2.24. The number of nitrogen functional groups attached to an aromatic ring is 1. The zero-order valence-corrected chi connectivity index (χ0v) is 10.6. The zero-order chi connectivity index (χ0) is 13.8. The molecule has 1 aromatic heterocycles. The van der Waals surface area contributed by atoms with Crippen molar-refractivity contribution in [2.24, 2.45) is 5.84 Å². The quantitative estimate of drug-likeness (QED) is 0.482. The molecule has 0 aliphatic carbocycles. The topological polar surface area (TPSA) is 113 Å². The van der Waals surface area contributed by atoms with Crippen molar-refractivity contribution in [3.05, 3.63) is 17.8 Å². The lowest BCUT2D eigenvalue weighted by atomic mass is 10.1. The molecule has 2 heterocycles. The highest BCUT2D eigenvalue weighted by atomic mass is 16.2. The molecule has 19 heavy (non-hydrogen) atoms. The summed E-state index contributed by atoms with van der Waals surface area (Å²) in [6, 6.07) is 3.05. The lowest BCUT2D eigenvalue weighted by Gasteiger charge is -2.29. The SMILES string of the molecule is CN1CC(NC(=O)c2ccc(NN)nn2)CCC1=O. The average Bonchev–Trinajstić information content (AvgIpc) is 2.43. The van der Waals surface area contributed by atoms with Gasteiger partial charge in [0.2, 0.25) is 5.91 Å². The van der Waals surface area contributed by atoms with Crippen LogP contribution in [0.2, 0.25) is 0 Å². The van der Waals surface area contributed by atoms with Crippen LogP contribution in [-0.4, -0.2) is 46.5 Å². The molecular weight excluding hydrogens is 248 g/mol. The predicted molar refractivity (Wildman–Crippen MR) is 68.0 cm³/mol. The van der Waals surface area contributed by atoms with Crippen molar-refractivity contribution in [3.63, 3.8) is 0 Å². The molecule has 0 bridgehead atoms. The van der Waals surface area contributed by atoms with Crippen molar-refractivity contribution in [1.82, 2.24) is 20.4 Å². The summed E-state index contributed by atoms with van der Waals surface area (Å²) < 4.78 is 0. The number of hydrazine groups is 1. The summed E-state index contributed by atoms with van der Waals surface area (Å²) in [6.45, 7) is 0.514. The summed E-state index contributed by atoms with van der Waals surface area (Å²) >= 11 is 0. The van der Waals surface area contributed by atoms with E-state index in [4.69, 9.17) is 5.84 Å². The van der Waals surface area contributed by atoms with Crippen LogP contribution in [0.3, 0.4) is 0 Å². The Hall–Kier alpha value is -2.22. The van der Waals surface area contributed by atoms with E-state index in [2.05, 4.69) is 20.9 Å². The van der Waals surface area contributed by atoms with Gasteiger partial charge in [0.15, 0.2) is 11.5 Å². The van der Waals surface area contributed by atoms with Gasteiger partial charge in [-0.1, -0.05) is 0 Å². The summed E-state index contributed by atoms with van der Waals surface area (Å²) in [5.74, 6) is 5.35. The van der Waals surface area contributed by atoms with Crippen LogP contribution >= 0.6 is 0 Å². The number of carbonyl (C=O) groups is 2. The number of anilines is 1. The zero-order valence-electron chi connectivity index (χ0n) is 10.6. The Morgan fingerprint density at radius 3 is 2.84 bits per heavy atom. The second kappa shape index (κ2) is 5.61. The van der Waals surface area contributed by atoms with Crippen molar-refractivity contribution in [2.75, 3.05) is 19.0 Å². The molecule has 1 saturated heterocycles. The molecular formula is C11H16N6O2. The summed E-state index contributed by atoms with van der Waals surface area (Å²) in [6.07, 6.45) is 1.09. The fourth-order valence-electron chi connectivity index (χ4n) is 1.92. The van der Waals surface area contributed by atoms with E-state index in [0.717, 1.165) is 0 Å². The van der Waals surface area contributed by atoms with Gasteiger partial charge in [-0.25, -0.2) is 5.84 Å². The van der Waals surface area contributed by atoms with Crippen molar-refractivity contribution < 1.29 is 9.59 Å². The molecule has 0 radical (unpaired) electrons. The normalized spacial score (nSPS) is 19.2. The Kier molecular flexibility index (Phi) is 3.91. The van der Waals surface area contributed by atoms with Crippen LogP contribution in [0.4, 0.5) is 5.82 Å². The predicted octanol–water partition coefficient (Wildman–Crippen LogP) is -0.887. The van der Waals surface area contributed by atoms with Crippen molar-refractivity contribution in [2.45, 2.75) is 18.9 Å². The van der Waals surface area contributed by atoms with Gasteiger partial charge < -0.3 is 15.6 Å². The number of nitrogens with one attached hydrogen (secondary N) is 2. The maximum absolute atomic E-state index is 11.9. The van der Waals surface area contributed by atoms with Crippen LogP contribution in [-0.2, 0) is 4.79 Å². The molecule has 2 rings (SSSR count). The van der Waals surface area contributed by atoms with Crippen LogP contribution in [0.5, 0.6) is 0 Å². The first-order chi connectivity index (χ1) is 9.10. The number of hydrogen-bond donors (Lipinski definition) is 3. The lowest BCUT2D eigenvalue weighted by molar-refractivity contribution is -0.132. The van der Waals surface area contributed by atoms with Gasteiger partial charge in [0.05, 0.1) is 0 Å². The molecule has 1 aromatic rings. The molecule has 1 aliphatic heterocycles. The molecule has 1 unspecified atom stereocenters. The fraction of sp³-hybridized carbons (Fsp3) is 0.455. The van der Waals surface area contributed by atoms with Crippen molar-refractivity contribution in [1.29, 1.82) is 0 Å². The Bertz CT molecular complexity index is 475. The van der Waals surface area contributed by atoms with Crippen LogP contribution in [0.15, 0.2) is 12.1 Å². The molecule has 0 spiro atoms. The largest absolute Gasteiger partial charge is 0.346 e. The molecule has 102 valence electrons. The highest BCUT2D eigenvalue weighted by Crippen LogP contribution is 2.10. The second-order valence-corrected chi connectivity index (χ2v) is 4.43. The molecule has 1 fully saturated rings. The Morgan fingerprint density at radius 1 is 1.47 bits per heavy atom. The number of nitrogens with zero attached hydrogens (tertiary/aromatic N) is 3. The van der Waals surface area contributed by atoms with E-state index >= 15 is 0 Å². The van der Waals surface area contributed by atoms with E-state index in [1.807, 2.05) is 0 Å². The number of hydrogen-bond acceptors (Lipinski definition) is 6. The van der Waals surface area contributed by atoms with Gasteiger partial charge in [0.25, 0.3) is 5.91 Å². The maximum atomic E-state index is 11.9. The summed E-state index contributed by atoms with van der Waals surface area (Å²) in [4.78, 5) is 24.9. The third kappa shape index (κ3) is 3.16. The molecule has 8 heteroatoms. The van der Waals surface area contributed by atoms with E-state index in [-0.39, 0.29) is 23.6 Å². The first-order valence-corrected chi connectivity index (χ1v) is 5.95. The number of piperidine rings is 1. The summed E-state index contributed by atoms with van der Waals surface area (Å²) in [7, 11) is 1.72. The number of carbonyl (C=O) groups excluding carboxylic acids is 2. The van der Waals surface area contributed by atoms with Gasteiger partial charge in [0.1, 0.15) is 0 Å². The van der Waals surface area contributed by atoms with Gasteiger partial charge in [-0.15, -0.1) is 10.2 Å². The van der Waals surface area contributed by atoms with Gasteiger partial charge >= 0.3 is 0 Å². The maximum Gasteiger partial charge on any atom is 0.272 e. The van der Waals surface area contributed by atoms with Gasteiger partial charge in [0, 0.05) is 26.1 Å². The molecule has 0 saturated carbocycles. The first-order valence-electron chi connectivity index (χ1n) is 5.95. The summed E-state index contributed by atoms with van der Waals surface area (Å²) in [5.41, 5.74) is 2.56. The molecule has 8 nitrogen and oxygen atoms in total. The molecule has 1 atom stereocenters. The molecule has 4 N–H and O–H groups in total. The standard InChI is InChI=1S/C11H16N6O2/c1-17-6-7(2-5-10(17)18)13-11(19)8-3-4-9(14-12)16-15-8/h3-4,7H,2,5-6,12H2,1H3,(H,13,19)(H,14,16). The lowest BCUT2D eigenvalue weighted by Crippen LogP contribution is -2.48. The molecule has 0 aromatic carbocycles. The second-order valence-electron chi connectivity index (χ2n) is 4.43. The summed E-state index contributed by atoms with van der Waals surface area (Å²) in [5, 5.41) is 10.3. The number of nitrogens with two attached hydrogens (primary N) is 1. The Balaban J connectivity index is 1.95. The number of amides is 2. The van der Waals surface area contributed by atoms with E-state index in [1.165, 1.54) is 6.07 Å². The minimum Gasteiger partial charge on any atom is -0.346 e. The van der Waals surface area contributed by atoms with Crippen molar-refractivity contribution >= 4 is 17.6 Å². The average molecular weight is 264 g/mol. The third-order valence-electron chi connectivity index (χ3n) is 3.01. The third-order valence-corrected chi connectivity index (χ3v) is 3.01. The fourth-order valence-corrected chi connectivity index (χ4v) is 1.92. The molecule has 1 aliphatic rings. The van der Waals surface area contributed by atoms with Crippen LogP contribution < -0.4 is 16.6 Å². The van der Waals surface area contributed by atoms with E-state index < -0.39 is 0 Å². The van der Waals surface area contributed by atoms with Gasteiger partial charge in [-0.3, -0.25) is 9.59 Å². The van der Waals surface area contributed by atoms with Crippen LogP contribution in [0.25, 0.3) is 0 Å². The van der Waals surface area contributed by atoms with Gasteiger partial charge in [-0.05, 0) is 18.6 Å². The Morgan fingerprint density at radius 2 is 2.26 bits per heavy atom. The highest BCUT2D eigenvalue weighted by molar-refractivity contribution is 5.92. The number of likely N-dealkylation sites (N-methyl/N-ethyl adjacent to an activating group) is 1. The Labute approximate surface area is 110 Å². The number of rotatable bonds is 3. The van der Waals surface area contributed by atoms with E-state index in [0.29, 0.717) is 25.2 Å². The minimum absolute atomic E-state index is 0.0516.